The van der Waals surface area contributed by atoms with Gasteiger partial charge in [-0.3, -0.25) is 0 Å². The molecule has 0 spiro atoms. The summed E-state index contributed by atoms with van der Waals surface area (Å²) in [5.74, 6) is 2.87. The van der Waals surface area contributed by atoms with Crippen molar-refractivity contribution in [1.82, 2.24) is 20.1 Å². The molecule has 2 aromatic heterocycles. The summed E-state index contributed by atoms with van der Waals surface area (Å²) < 4.78 is 4.91. The number of nitrogens with one attached hydrogen (secondary N) is 2. The van der Waals surface area contributed by atoms with Gasteiger partial charge in [-0.05, 0) is 6.42 Å². The summed E-state index contributed by atoms with van der Waals surface area (Å²) >= 11 is 0. The number of hydrogen-bond donors (Lipinski definition) is 3. The molecule has 0 saturated heterocycles. The van der Waals surface area contributed by atoms with E-state index in [2.05, 4.69) is 37.7 Å². The van der Waals surface area contributed by atoms with Crippen molar-refractivity contribution in [2.75, 3.05) is 29.5 Å². The molecule has 0 amide bonds. The Kier molecular flexibility index (Phi) is 4.70. The zero-order valence-corrected chi connectivity index (χ0v) is 11.7. The van der Waals surface area contributed by atoms with E-state index < -0.39 is 0 Å². The van der Waals surface area contributed by atoms with Crippen LogP contribution in [-0.2, 0) is 6.42 Å². The molecule has 0 aliphatic heterocycles. The fourth-order valence-electron chi connectivity index (χ4n) is 1.65. The fraction of sp³-hybridized carbons (Fsp3) is 0.500. The van der Waals surface area contributed by atoms with E-state index in [1.165, 1.54) is 0 Å². The fourth-order valence-corrected chi connectivity index (χ4v) is 1.65. The third kappa shape index (κ3) is 4.08. The summed E-state index contributed by atoms with van der Waals surface area (Å²) in [4.78, 5) is 12.4. The molecule has 2 rings (SSSR count). The molecular formula is C12H19N7O. The van der Waals surface area contributed by atoms with Crippen LogP contribution in [0.3, 0.4) is 0 Å². The van der Waals surface area contributed by atoms with Crippen LogP contribution in [0.25, 0.3) is 0 Å². The van der Waals surface area contributed by atoms with Gasteiger partial charge < -0.3 is 20.9 Å². The SMILES string of the molecule is CCCNc1cc(NCCc2noc(C)n2)nc(N)n1. The van der Waals surface area contributed by atoms with E-state index in [0.717, 1.165) is 18.8 Å². The third-order valence-corrected chi connectivity index (χ3v) is 2.52. The largest absolute Gasteiger partial charge is 0.370 e. The number of aryl methyl sites for hydroxylation is 1. The Morgan fingerprint density at radius 1 is 1.15 bits per heavy atom. The maximum absolute atomic E-state index is 5.68. The van der Waals surface area contributed by atoms with E-state index >= 15 is 0 Å². The van der Waals surface area contributed by atoms with Crippen molar-refractivity contribution in [2.45, 2.75) is 26.7 Å². The van der Waals surface area contributed by atoms with E-state index in [0.29, 0.717) is 30.5 Å². The molecule has 108 valence electrons. The van der Waals surface area contributed by atoms with E-state index in [-0.39, 0.29) is 5.95 Å². The van der Waals surface area contributed by atoms with Crippen molar-refractivity contribution >= 4 is 17.6 Å². The molecule has 0 bridgehead atoms. The van der Waals surface area contributed by atoms with Gasteiger partial charge in [-0.15, -0.1) is 0 Å². The van der Waals surface area contributed by atoms with Gasteiger partial charge >= 0.3 is 0 Å². The number of aromatic nitrogens is 4. The number of anilines is 3. The number of rotatable bonds is 7. The molecule has 0 atom stereocenters. The summed E-state index contributed by atoms with van der Waals surface area (Å²) in [6.07, 6.45) is 1.67. The van der Waals surface area contributed by atoms with Gasteiger partial charge in [-0.1, -0.05) is 12.1 Å². The zero-order chi connectivity index (χ0) is 14.4. The average molecular weight is 277 g/mol. The third-order valence-electron chi connectivity index (χ3n) is 2.52. The number of hydrogen-bond acceptors (Lipinski definition) is 8. The van der Waals surface area contributed by atoms with Gasteiger partial charge in [0.1, 0.15) is 11.6 Å². The van der Waals surface area contributed by atoms with Crippen LogP contribution in [0.2, 0.25) is 0 Å². The molecule has 0 fully saturated rings. The first-order chi connectivity index (χ1) is 9.67. The molecule has 0 aliphatic carbocycles. The van der Waals surface area contributed by atoms with Crippen LogP contribution in [0.15, 0.2) is 10.6 Å². The first kappa shape index (κ1) is 14.0. The molecule has 0 aromatic carbocycles. The van der Waals surface area contributed by atoms with Gasteiger partial charge in [0.25, 0.3) is 0 Å². The molecular weight excluding hydrogens is 258 g/mol. The average Bonchev–Trinajstić information content (AvgIpc) is 2.81. The summed E-state index contributed by atoms with van der Waals surface area (Å²) in [7, 11) is 0. The molecule has 20 heavy (non-hydrogen) atoms. The first-order valence-corrected chi connectivity index (χ1v) is 6.59. The molecule has 4 N–H and O–H groups in total. The van der Waals surface area contributed by atoms with Gasteiger partial charge in [0.15, 0.2) is 5.82 Å². The Morgan fingerprint density at radius 2 is 1.85 bits per heavy atom. The Labute approximate surface area is 117 Å². The first-order valence-electron chi connectivity index (χ1n) is 6.59. The second-order valence-electron chi connectivity index (χ2n) is 4.33. The lowest BCUT2D eigenvalue weighted by Gasteiger charge is -2.08. The van der Waals surface area contributed by atoms with Gasteiger partial charge in [0.05, 0.1) is 0 Å². The Bertz CT molecular complexity index is 554. The van der Waals surface area contributed by atoms with Crippen LogP contribution in [-0.4, -0.2) is 33.2 Å². The van der Waals surface area contributed by atoms with Crippen LogP contribution in [0, 0.1) is 6.92 Å². The molecule has 2 heterocycles. The summed E-state index contributed by atoms with van der Waals surface area (Å²) in [6, 6.07) is 1.83. The molecule has 8 heteroatoms. The quantitative estimate of drug-likeness (QED) is 0.692. The zero-order valence-electron chi connectivity index (χ0n) is 11.7. The van der Waals surface area contributed by atoms with E-state index in [1.807, 2.05) is 6.07 Å². The van der Waals surface area contributed by atoms with Crippen LogP contribution in [0.4, 0.5) is 17.6 Å². The highest BCUT2D eigenvalue weighted by Crippen LogP contribution is 2.12. The summed E-state index contributed by atoms with van der Waals surface area (Å²) in [5.41, 5.74) is 5.68. The van der Waals surface area contributed by atoms with Crippen molar-refractivity contribution in [3.8, 4) is 0 Å². The lowest BCUT2D eigenvalue weighted by atomic mass is 10.4. The maximum Gasteiger partial charge on any atom is 0.223 e. The lowest BCUT2D eigenvalue weighted by molar-refractivity contribution is 0.387. The molecule has 0 unspecified atom stereocenters. The second kappa shape index (κ2) is 6.69. The summed E-state index contributed by atoms with van der Waals surface area (Å²) in [6.45, 7) is 5.34. The van der Waals surface area contributed by atoms with Crippen LogP contribution >= 0.6 is 0 Å². The Morgan fingerprint density at radius 3 is 2.45 bits per heavy atom. The number of nitrogen functional groups attached to an aromatic ring is 1. The van der Waals surface area contributed by atoms with E-state index in [9.17, 15) is 0 Å². The van der Waals surface area contributed by atoms with Crippen LogP contribution < -0.4 is 16.4 Å². The minimum absolute atomic E-state index is 0.240. The predicted molar refractivity (Wildman–Crippen MR) is 76.5 cm³/mol. The van der Waals surface area contributed by atoms with Crippen molar-refractivity contribution in [3.63, 3.8) is 0 Å². The Hall–Kier alpha value is -2.38. The minimum atomic E-state index is 0.240. The summed E-state index contributed by atoms with van der Waals surface area (Å²) in [5, 5.41) is 10.2. The highest BCUT2D eigenvalue weighted by atomic mass is 16.5. The van der Waals surface area contributed by atoms with Gasteiger partial charge in [0.2, 0.25) is 11.8 Å². The normalized spacial score (nSPS) is 10.5. The second-order valence-corrected chi connectivity index (χ2v) is 4.33. The lowest BCUT2D eigenvalue weighted by Crippen LogP contribution is -2.11. The van der Waals surface area contributed by atoms with E-state index in [1.54, 1.807) is 6.92 Å². The Balaban J connectivity index is 1.89. The van der Waals surface area contributed by atoms with Crippen LogP contribution in [0.5, 0.6) is 0 Å². The number of nitrogens with zero attached hydrogens (tertiary/aromatic N) is 4. The molecule has 0 aliphatic rings. The monoisotopic (exact) mass is 277 g/mol. The number of nitrogens with two attached hydrogens (primary N) is 1. The van der Waals surface area contributed by atoms with Gasteiger partial charge in [0, 0.05) is 32.5 Å². The maximum atomic E-state index is 5.68. The predicted octanol–water partition coefficient (Wildman–Crippen LogP) is 1.23. The smallest absolute Gasteiger partial charge is 0.223 e. The standard InChI is InChI=1S/C12H19N7O/c1-3-5-14-10-7-11(18-12(13)17-10)15-6-4-9-16-8(2)20-19-9/h7H,3-6H2,1-2H3,(H4,13,14,15,17,18). The van der Waals surface area contributed by atoms with Crippen molar-refractivity contribution in [1.29, 1.82) is 0 Å². The van der Waals surface area contributed by atoms with Gasteiger partial charge in [-0.2, -0.15) is 15.0 Å². The van der Waals surface area contributed by atoms with Crippen molar-refractivity contribution in [2.24, 2.45) is 0 Å². The highest BCUT2D eigenvalue weighted by Gasteiger charge is 2.04. The highest BCUT2D eigenvalue weighted by molar-refractivity contribution is 5.50. The van der Waals surface area contributed by atoms with E-state index in [4.69, 9.17) is 10.3 Å². The topological polar surface area (TPSA) is 115 Å². The van der Waals surface area contributed by atoms with Crippen molar-refractivity contribution in [3.05, 3.63) is 17.8 Å². The van der Waals surface area contributed by atoms with Crippen LogP contribution in [0.1, 0.15) is 25.1 Å². The molecule has 2 aromatic rings. The van der Waals surface area contributed by atoms with Gasteiger partial charge in [-0.25, -0.2) is 0 Å². The molecule has 0 radical (unpaired) electrons. The minimum Gasteiger partial charge on any atom is -0.370 e. The molecule has 0 saturated carbocycles. The molecule has 8 nitrogen and oxygen atoms in total. The van der Waals surface area contributed by atoms with Crippen molar-refractivity contribution < 1.29 is 4.52 Å².